The maximum absolute atomic E-state index is 12.1. The average Bonchev–Trinajstić information content (AvgIpc) is 2.62. The maximum atomic E-state index is 12.1. The predicted octanol–water partition coefficient (Wildman–Crippen LogP) is 2.71. The molecule has 1 aliphatic rings. The Morgan fingerprint density at radius 2 is 2.11 bits per heavy atom. The summed E-state index contributed by atoms with van der Waals surface area (Å²) in [5, 5.41) is 18.7. The molecular formula is C13H13NO3S2. The van der Waals surface area contributed by atoms with Crippen molar-refractivity contribution in [2.75, 3.05) is 6.54 Å². The van der Waals surface area contributed by atoms with E-state index in [9.17, 15) is 15.0 Å². The number of hydrogen-bond donors (Lipinski definition) is 2. The molecule has 2 rings (SSSR count). The van der Waals surface area contributed by atoms with Crippen molar-refractivity contribution in [3.8, 4) is 11.5 Å². The fraction of sp³-hybridized carbons (Fsp3) is 0.231. The molecule has 1 aromatic rings. The molecule has 19 heavy (non-hydrogen) atoms. The number of phenols is 2. The molecule has 0 radical (unpaired) electrons. The number of thioether (sulfide) groups is 1. The molecule has 1 heterocycles. The third kappa shape index (κ3) is 2.90. The third-order valence-corrected chi connectivity index (χ3v) is 4.00. The van der Waals surface area contributed by atoms with Crippen LogP contribution in [0.2, 0.25) is 0 Å². The Balaban J connectivity index is 2.27. The highest BCUT2D eigenvalue weighted by molar-refractivity contribution is 8.26. The SMILES string of the molecule is CCCN1C(=O)C(=Cc2ccc(O)c(O)c2)SC1=S. The minimum absolute atomic E-state index is 0.107. The van der Waals surface area contributed by atoms with Gasteiger partial charge in [-0.05, 0) is 30.2 Å². The van der Waals surface area contributed by atoms with Crippen LogP contribution in [0.1, 0.15) is 18.9 Å². The zero-order valence-corrected chi connectivity index (χ0v) is 11.9. The van der Waals surface area contributed by atoms with E-state index >= 15 is 0 Å². The Labute approximate surface area is 120 Å². The molecule has 0 spiro atoms. The van der Waals surface area contributed by atoms with E-state index in [1.165, 1.54) is 23.9 Å². The van der Waals surface area contributed by atoms with Gasteiger partial charge in [-0.1, -0.05) is 37.0 Å². The number of hydrogen-bond acceptors (Lipinski definition) is 5. The van der Waals surface area contributed by atoms with Gasteiger partial charge in [0.05, 0.1) is 4.91 Å². The van der Waals surface area contributed by atoms with E-state index in [2.05, 4.69) is 0 Å². The molecule has 0 aromatic heterocycles. The monoisotopic (exact) mass is 295 g/mol. The number of benzene rings is 1. The van der Waals surface area contributed by atoms with Crippen LogP contribution in [0, 0.1) is 0 Å². The van der Waals surface area contributed by atoms with Crippen LogP contribution in [-0.4, -0.2) is 31.9 Å². The Hall–Kier alpha value is -1.53. The van der Waals surface area contributed by atoms with Gasteiger partial charge in [-0.25, -0.2) is 0 Å². The molecule has 6 heteroatoms. The highest BCUT2D eigenvalue weighted by Crippen LogP contribution is 2.34. The minimum Gasteiger partial charge on any atom is -0.504 e. The molecule has 100 valence electrons. The largest absolute Gasteiger partial charge is 0.504 e. The summed E-state index contributed by atoms with van der Waals surface area (Å²) in [5.74, 6) is -0.502. The summed E-state index contributed by atoms with van der Waals surface area (Å²) >= 11 is 6.41. The molecule has 1 fully saturated rings. The first kappa shape index (κ1) is 13.9. The molecule has 0 unspecified atom stereocenters. The van der Waals surface area contributed by atoms with Gasteiger partial charge in [0.15, 0.2) is 11.5 Å². The van der Waals surface area contributed by atoms with E-state index in [0.29, 0.717) is 21.3 Å². The van der Waals surface area contributed by atoms with Crippen LogP contribution < -0.4 is 0 Å². The molecule has 0 atom stereocenters. The number of thiocarbonyl (C=S) groups is 1. The van der Waals surface area contributed by atoms with Gasteiger partial charge in [-0.3, -0.25) is 9.69 Å². The van der Waals surface area contributed by atoms with Crippen molar-refractivity contribution in [3.05, 3.63) is 28.7 Å². The second kappa shape index (κ2) is 5.63. The molecule has 1 aromatic carbocycles. The minimum atomic E-state index is -0.210. The van der Waals surface area contributed by atoms with Gasteiger partial charge in [0.1, 0.15) is 4.32 Å². The van der Waals surface area contributed by atoms with Crippen LogP contribution in [0.25, 0.3) is 6.08 Å². The van der Waals surface area contributed by atoms with Crippen molar-refractivity contribution in [2.24, 2.45) is 0 Å². The summed E-state index contributed by atoms with van der Waals surface area (Å²) in [6.07, 6.45) is 2.51. The molecule has 0 aliphatic carbocycles. The number of phenolic OH excluding ortho intramolecular Hbond substituents is 2. The first-order valence-corrected chi connectivity index (χ1v) is 7.02. The first-order chi connectivity index (χ1) is 9.02. The van der Waals surface area contributed by atoms with E-state index in [-0.39, 0.29) is 17.4 Å². The fourth-order valence-corrected chi connectivity index (χ4v) is 3.01. The normalized spacial score (nSPS) is 17.5. The molecule has 1 saturated heterocycles. The summed E-state index contributed by atoms with van der Waals surface area (Å²) in [5.41, 5.74) is 0.646. The second-order valence-electron chi connectivity index (χ2n) is 4.08. The van der Waals surface area contributed by atoms with Crippen LogP contribution in [0.15, 0.2) is 23.1 Å². The number of rotatable bonds is 3. The highest BCUT2D eigenvalue weighted by atomic mass is 32.2. The lowest BCUT2D eigenvalue weighted by Gasteiger charge is -2.11. The summed E-state index contributed by atoms with van der Waals surface area (Å²) in [4.78, 5) is 14.2. The summed E-state index contributed by atoms with van der Waals surface area (Å²) in [6, 6.07) is 4.41. The Morgan fingerprint density at radius 1 is 1.37 bits per heavy atom. The van der Waals surface area contributed by atoms with Gasteiger partial charge in [0.25, 0.3) is 5.91 Å². The molecule has 2 N–H and O–H groups in total. The van der Waals surface area contributed by atoms with Crippen molar-refractivity contribution >= 4 is 40.3 Å². The van der Waals surface area contributed by atoms with Crippen molar-refractivity contribution in [1.29, 1.82) is 0 Å². The molecule has 0 bridgehead atoms. The number of carbonyl (C=O) groups excluding carboxylic acids is 1. The maximum Gasteiger partial charge on any atom is 0.266 e. The summed E-state index contributed by atoms with van der Waals surface area (Å²) < 4.78 is 0.557. The van der Waals surface area contributed by atoms with Crippen LogP contribution >= 0.6 is 24.0 Å². The van der Waals surface area contributed by atoms with E-state index < -0.39 is 0 Å². The van der Waals surface area contributed by atoms with Crippen molar-refractivity contribution in [1.82, 2.24) is 4.90 Å². The molecule has 4 nitrogen and oxygen atoms in total. The van der Waals surface area contributed by atoms with Gasteiger partial charge < -0.3 is 10.2 Å². The zero-order chi connectivity index (χ0) is 14.0. The topological polar surface area (TPSA) is 60.8 Å². The number of amides is 1. The van der Waals surface area contributed by atoms with Gasteiger partial charge >= 0.3 is 0 Å². The highest BCUT2D eigenvalue weighted by Gasteiger charge is 2.31. The quantitative estimate of drug-likeness (QED) is 0.510. The Bertz CT molecular complexity index is 569. The van der Waals surface area contributed by atoms with Crippen molar-refractivity contribution in [3.63, 3.8) is 0 Å². The van der Waals surface area contributed by atoms with Crippen molar-refractivity contribution in [2.45, 2.75) is 13.3 Å². The Kier molecular flexibility index (Phi) is 4.11. The lowest BCUT2D eigenvalue weighted by atomic mass is 10.2. The van der Waals surface area contributed by atoms with Crippen LogP contribution in [0.4, 0.5) is 0 Å². The van der Waals surface area contributed by atoms with Gasteiger partial charge in [-0.2, -0.15) is 0 Å². The molecule has 1 amide bonds. The van der Waals surface area contributed by atoms with E-state index in [1.54, 1.807) is 17.0 Å². The molecule has 1 aliphatic heterocycles. The first-order valence-electron chi connectivity index (χ1n) is 5.80. The molecule has 0 saturated carbocycles. The van der Waals surface area contributed by atoms with Gasteiger partial charge in [0, 0.05) is 6.54 Å². The van der Waals surface area contributed by atoms with E-state index in [0.717, 1.165) is 6.42 Å². The number of nitrogens with zero attached hydrogens (tertiary/aromatic N) is 1. The smallest absolute Gasteiger partial charge is 0.266 e. The lowest BCUT2D eigenvalue weighted by molar-refractivity contribution is -0.122. The van der Waals surface area contributed by atoms with Crippen LogP contribution in [0.3, 0.4) is 0 Å². The van der Waals surface area contributed by atoms with Gasteiger partial charge in [-0.15, -0.1) is 0 Å². The number of aromatic hydroxyl groups is 2. The summed E-state index contributed by atoms with van der Waals surface area (Å²) in [7, 11) is 0. The Morgan fingerprint density at radius 3 is 2.74 bits per heavy atom. The van der Waals surface area contributed by atoms with E-state index in [1.807, 2.05) is 6.92 Å². The number of carbonyl (C=O) groups is 1. The molecular weight excluding hydrogens is 282 g/mol. The summed E-state index contributed by atoms with van der Waals surface area (Å²) in [6.45, 7) is 2.60. The van der Waals surface area contributed by atoms with Crippen LogP contribution in [0.5, 0.6) is 11.5 Å². The standard InChI is InChI=1S/C13H13NO3S2/c1-2-5-14-12(17)11(19-13(14)18)7-8-3-4-9(15)10(16)6-8/h3-4,6-7,15-16H,2,5H2,1H3. The lowest BCUT2D eigenvalue weighted by Crippen LogP contribution is -2.28. The van der Waals surface area contributed by atoms with E-state index in [4.69, 9.17) is 12.2 Å². The average molecular weight is 295 g/mol. The van der Waals surface area contributed by atoms with Gasteiger partial charge in [0.2, 0.25) is 0 Å². The second-order valence-corrected chi connectivity index (χ2v) is 5.76. The van der Waals surface area contributed by atoms with Crippen LogP contribution in [-0.2, 0) is 4.79 Å². The van der Waals surface area contributed by atoms with Crippen molar-refractivity contribution < 1.29 is 15.0 Å². The fourth-order valence-electron chi connectivity index (χ4n) is 1.70. The predicted molar refractivity (Wildman–Crippen MR) is 79.9 cm³/mol. The zero-order valence-electron chi connectivity index (χ0n) is 10.3. The third-order valence-electron chi connectivity index (χ3n) is 2.62.